The van der Waals surface area contributed by atoms with Gasteiger partial charge in [0.2, 0.25) is 5.91 Å². The number of carbonyl (C=O) groups excluding carboxylic acids is 3. The third kappa shape index (κ3) is 3.26. The zero-order valence-electron chi connectivity index (χ0n) is 14.4. The minimum atomic E-state index is -0.278. The molecule has 6 nitrogen and oxygen atoms in total. The first kappa shape index (κ1) is 16.9. The number of benzene rings is 1. The molecule has 0 atom stereocenters. The van der Waals surface area contributed by atoms with E-state index >= 15 is 0 Å². The minimum absolute atomic E-state index is 0.144. The van der Waals surface area contributed by atoms with Crippen LogP contribution in [-0.2, 0) is 4.79 Å². The van der Waals surface area contributed by atoms with E-state index in [1.165, 1.54) is 29.1 Å². The summed E-state index contributed by atoms with van der Waals surface area (Å²) in [7, 11) is 0. The van der Waals surface area contributed by atoms with Gasteiger partial charge in [-0.1, -0.05) is 11.6 Å². The number of amides is 3. The van der Waals surface area contributed by atoms with Gasteiger partial charge >= 0.3 is 0 Å². The first-order valence-electron chi connectivity index (χ1n) is 8.75. The van der Waals surface area contributed by atoms with Crippen molar-refractivity contribution in [2.75, 3.05) is 11.9 Å². The molecule has 1 aromatic heterocycles. The zero-order chi connectivity index (χ0) is 18.3. The Kier molecular flexibility index (Phi) is 4.32. The summed E-state index contributed by atoms with van der Waals surface area (Å²) in [6.07, 6.45) is 3.02. The molecule has 1 fully saturated rings. The summed E-state index contributed by atoms with van der Waals surface area (Å²) in [5, 5.41) is 5.41. The Morgan fingerprint density at radius 2 is 2.04 bits per heavy atom. The summed E-state index contributed by atoms with van der Waals surface area (Å²) < 4.78 is 0. The van der Waals surface area contributed by atoms with Gasteiger partial charge in [-0.05, 0) is 38.3 Å². The van der Waals surface area contributed by atoms with Crippen molar-refractivity contribution in [1.82, 2.24) is 9.88 Å². The van der Waals surface area contributed by atoms with E-state index < -0.39 is 0 Å². The molecule has 2 aliphatic rings. The van der Waals surface area contributed by atoms with Crippen molar-refractivity contribution in [3.8, 4) is 0 Å². The van der Waals surface area contributed by atoms with Crippen LogP contribution < -0.4 is 5.32 Å². The number of anilines is 1. The molecule has 7 heteroatoms. The maximum absolute atomic E-state index is 12.4. The molecule has 3 amide bonds. The number of thiazole rings is 1. The Balaban J connectivity index is 1.29. The number of nitrogens with zero attached hydrogens (tertiary/aromatic N) is 2. The van der Waals surface area contributed by atoms with Crippen molar-refractivity contribution in [2.45, 2.75) is 38.5 Å². The molecule has 1 aliphatic heterocycles. The minimum Gasteiger partial charge on any atom is -0.302 e. The molecule has 1 saturated carbocycles. The number of hydrogen-bond donors (Lipinski definition) is 1. The molecule has 1 aromatic carbocycles. The Morgan fingerprint density at radius 1 is 1.27 bits per heavy atom. The summed E-state index contributed by atoms with van der Waals surface area (Å²) in [5.41, 5.74) is 2.90. The molecule has 1 N–H and O–H groups in total. The van der Waals surface area contributed by atoms with Gasteiger partial charge in [0.25, 0.3) is 11.8 Å². The normalized spacial score (nSPS) is 16.1. The molecular weight excluding hydrogens is 350 g/mol. The highest BCUT2D eigenvalue weighted by Gasteiger charge is 2.35. The van der Waals surface area contributed by atoms with Gasteiger partial charge in [-0.2, -0.15) is 0 Å². The van der Waals surface area contributed by atoms with Gasteiger partial charge in [0.15, 0.2) is 5.13 Å². The summed E-state index contributed by atoms with van der Waals surface area (Å²) in [6, 6.07) is 5.25. The Morgan fingerprint density at radius 3 is 2.81 bits per heavy atom. The number of nitrogens with one attached hydrogen (secondary N) is 1. The molecule has 1 aliphatic carbocycles. The number of rotatable bonds is 6. The van der Waals surface area contributed by atoms with Gasteiger partial charge in [0.05, 0.1) is 16.8 Å². The van der Waals surface area contributed by atoms with Crippen LogP contribution in [0.25, 0.3) is 0 Å². The Hall–Kier alpha value is -2.54. The van der Waals surface area contributed by atoms with Crippen molar-refractivity contribution in [3.63, 3.8) is 0 Å². The van der Waals surface area contributed by atoms with E-state index in [2.05, 4.69) is 10.3 Å². The van der Waals surface area contributed by atoms with Crippen LogP contribution in [-0.4, -0.2) is 34.2 Å². The van der Waals surface area contributed by atoms with Gasteiger partial charge in [-0.3, -0.25) is 19.3 Å². The summed E-state index contributed by atoms with van der Waals surface area (Å²) >= 11 is 1.44. The highest BCUT2D eigenvalue weighted by atomic mass is 32.1. The van der Waals surface area contributed by atoms with Crippen LogP contribution in [0.5, 0.6) is 0 Å². The van der Waals surface area contributed by atoms with E-state index in [0.29, 0.717) is 28.6 Å². The van der Waals surface area contributed by atoms with Crippen molar-refractivity contribution < 1.29 is 14.4 Å². The van der Waals surface area contributed by atoms with Gasteiger partial charge in [-0.25, -0.2) is 4.98 Å². The fourth-order valence-electron chi connectivity index (χ4n) is 3.10. The topological polar surface area (TPSA) is 79.4 Å². The first-order chi connectivity index (χ1) is 12.5. The van der Waals surface area contributed by atoms with Crippen LogP contribution in [0.3, 0.4) is 0 Å². The number of aromatic nitrogens is 1. The van der Waals surface area contributed by atoms with Crippen LogP contribution in [0.2, 0.25) is 0 Å². The van der Waals surface area contributed by atoms with Crippen LogP contribution in [0.4, 0.5) is 5.13 Å². The Labute approximate surface area is 155 Å². The second-order valence-corrected chi connectivity index (χ2v) is 7.67. The fraction of sp³-hybridized carbons (Fsp3) is 0.368. The number of carbonyl (C=O) groups is 3. The first-order valence-corrected chi connectivity index (χ1v) is 9.63. The number of hydrogen-bond acceptors (Lipinski definition) is 5. The molecule has 4 rings (SSSR count). The lowest BCUT2D eigenvalue weighted by atomic mass is 10.1. The molecule has 134 valence electrons. The molecule has 0 spiro atoms. The number of aryl methyl sites for hydroxylation is 1. The van der Waals surface area contributed by atoms with Crippen molar-refractivity contribution in [2.24, 2.45) is 0 Å². The standard InChI is InChI=1S/C19H19N3O3S/c1-11-4-7-13-14(9-11)18(25)22(17(13)24)8-2-3-16(23)21-19-20-15(10-26-19)12-5-6-12/h4,7,9-10,12H,2-3,5-6,8H2,1H3,(H,20,21,23). The van der Waals surface area contributed by atoms with E-state index in [0.717, 1.165) is 11.3 Å². The van der Waals surface area contributed by atoms with Crippen molar-refractivity contribution in [3.05, 3.63) is 46.0 Å². The van der Waals surface area contributed by atoms with E-state index in [4.69, 9.17) is 0 Å². The molecule has 0 unspecified atom stereocenters. The average Bonchev–Trinajstić information content (AvgIpc) is 3.32. The zero-order valence-corrected chi connectivity index (χ0v) is 15.3. The predicted molar refractivity (Wildman–Crippen MR) is 98.5 cm³/mol. The van der Waals surface area contributed by atoms with E-state index in [-0.39, 0.29) is 30.7 Å². The summed E-state index contributed by atoms with van der Waals surface area (Å²) in [5.74, 6) is -0.133. The highest BCUT2D eigenvalue weighted by molar-refractivity contribution is 7.13. The lowest BCUT2D eigenvalue weighted by Crippen LogP contribution is -2.31. The molecular formula is C19H19N3O3S. The highest BCUT2D eigenvalue weighted by Crippen LogP contribution is 2.40. The van der Waals surface area contributed by atoms with Gasteiger partial charge in [0, 0.05) is 24.3 Å². The predicted octanol–water partition coefficient (Wildman–Crippen LogP) is 3.34. The van der Waals surface area contributed by atoms with Crippen LogP contribution in [0, 0.1) is 6.92 Å². The summed E-state index contributed by atoms with van der Waals surface area (Å²) in [6.45, 7) is 2.13. The Bertz CT molecular complexity index is 901. The van der Waals surface area contributed by atoms with Crippen molar-refractivity contribution >= 4 is 34.2 Å². The molecule has 0 bridgehead atoms. The maximum Gasteiger partial charge on any atom is 0.261 e. The van der Waals surface area contributed by atoms with Gasteiger partial charge < -0.3 is 5.32 Å². The van der Waals surface area contributed by atoms with Crippen LogP contribution in [0.1, 0.15) is 63.6 Å². The molecule has 26 heavy (non-hydrogen) atoms. The molecule has 2 aromatic rings. The lowest BCUT2D eigenvalue weighted by Gasteiger charge is -2.13. The van der Waals surface area contributed by atoms with E-state index in [1.807, 2.05) is 18.4 Å². The second-order valence-electron chi connectivity index (χ2n) is 6.81. The largest absolute Gasteiger partial charge is 0.302 e. The smallest absolute Gasteiger partial charge is 0.261 e. The third-order valence-corrected chi connectivity index (χ3v) is 5.45. The maximum atomic E-state index is 12.4. The van der Waals surface area contributed by atoms with Crippen LogP contribution in [0.15, 0.2) is 23.6 Å². The second kappa shape index (κ2) is 6.64. The lowest BCUT2D eigenvalue weighted by molar-refractivity contribution is -0.116. The summed E-state index contributed by atoms with van der Waals surface area (Å²) in [4.78, 5) is 42.5. The van der Waals surface area contributed by atoms with Crippen LogP contribution >= 0.6 is 11.3 Å². The van der Waals surface area contributed by atoms with Crippen molar-refractivity contribution in [1.29, 1.82) is 0 Å². The SMILES string of the molecule is Cc1ccc2c(c1)C(=O)N(CCCC(=O)Nc1nc(C3CC3)cs1)C2=O. The monoisotopic (exact) mass is 369 g/mol. The van der Waals surface area contributed by atoms with E-state index in [9.17, 15) is 14.4 Å². The molecule has 2 heterocycles. The van der Waals surface area contributed by atoms with E-state index in [1.54, 1.807) is 12.1 Å². The van der Waals surface area contributed by atoms with Gasteiger partial charge in [0.1, 0.15) is 0 Å². The van der Waals surface area contributed by atoms with Gasteiger partial charge in [-0.15, -0.1) is 11.3 Å². The average molecular weight is 369 g/mol. The quantitative estimate of drug-likeness (QED) is 0.792. The molecule has 0 radical (unpaired) electrons. The third-order valence-electron chi connectivity index (χ3n) is 4.68. The molecule has 0 saturated heterocycles. The fourth-order valence-corrected chi connectivity index (χ4v) is 3.91. The number of imide groups is 1. The number of fused-ring (bicyclic) bond motifs is 1.